The zero-order chi connectivity index (χ0) is 11.5. The zero-order valence-corrected chi connectivity index (χ0v) is 9.86. The molecule has 0 saturated carbocycles. The minimum atomic E-state index is -0.214. The molecule has 0 unspecified atom stereocenters. The molecule has 0 spiro atoms. The zero-order valence-electron chi connectivity index (χ0n) is 9.86. The maximum absolute atomic E-state index is 9.36. The number of aryl methyl sites for hydroxylation is 2. The second-order valence-electron chi connectivity index (χ2n) is 4.55. The van der Waals surface area contributed by atoms with Crippen molar-refractivity contribution in [2.75, 3.05) is 13.2 Å². The summed E-state index contributed by atoms with van der Waals surface area (Å²) in [6.45, 7) is 5.48. The highest BCUT2D eigenvalue weighted by Gasteiger charge is 2.22. The number of benzene rings is 1. The third kappa shape index (κ3) is 2.74. The van der Waals surface area contributed by atoms with Gasteiger partial charge in [-0.05, 0) is 43.5 Å². The van der Waals surface area contributed by atoms with Gasteiger partial charge in [0.25, 0.3) is 0 Å². The molecule has 0 amide bonds. The molecule has 88 valence electrons. The van der Waals surface area contributed by atoms with Gasteiger partial charge in [-0.2, -0.15) is 0 Å². The molecule has 1 fully saturated rings. The Morgan fingerprint density at radius 1 is 1.38 bits per heavy atom. The molecular formula is C13H19NO2. The third-order valence-corrected chi connectivity index (χ3v) is 3.13. The van der Waals surface area contributed by atoms with Gasteiger partial charge in [0.05, 0.1) is 6.10 Å². The summed E-state index contributed by atoms with van der Waals surface area (Å²) < 4.78 is 5.70. The van der Waals surface area contributed by atoms with Crippen molar-refractivity contribution in [2.45, 2.75) is 32.4 Å². The Labute approximate surface area is 96.4 Å². The summed E-state index contributed by atoms with van der Waals surface area (Å²) in [6.07, 6.45) is 0.568. The van der Waals surface area contributed by atoms with Crippen molar-refractivity contribution < 1.29 is 9.84 Å². The molecule has 2 rings (SSSR count). The molecule has 3 nitrogen and oxygen atoms in total. The number of hydrogen-bond donors (Lipinski definition) is 2. The summed E-state index contributed by atoms with van der Waals surface area (Å²) in [4.78, 5) is 0. The molecule has 1 aliphatic heterocycles. The molecule has 0 radical (unpaired) electrons. The second-order valence-corrected chi connectivity index (χ2v) is 4.55. The Morgan fingerprint density at radius 3 is 2.81 bits per heavy atom. The van der Waals surface area contributed by atoms with Gasteiger partial charge >= 0.3 is 0 Å². The first kappa shape index (κ1) is 11.4. The fourth-order valence-corrected chi connectivity index (χ4v) is 1.93. The van der Waals surface area contributed by atoms with Gasteiger partial charge in [-0.1, -0.05) is 6.07 Å². The Hall–Kier alpha value is -1.06. The van der Waals surface area contributed by atoms with E-state index in [0.29, 0.717) is 13.2 Å². The fourth-order valence-electron chi connectivity index (χ4n) is 1.93. The summed E-state index contributed by atoms with van der Waals surface area (Å²) in [6, 6.07) is 6.40. The van der Waals surface area contributed by atoms with Crippen LogP contribution in [-0.4, -0.2) is 30.4 Å². The molecule has 0 bridgehead atoms. The summed E-state index contributed by atoms with van der Waals surface area (Å²) in [5.41, 5.74) is 2.53. The summed E-state index contributed by atoms with van der Waals surface area (Å²) >= 11 is 0. The fraction of sp³-hybridized carbons (Fsp3) is 0.538. The summed E-state index contributed by atoms with van der Waals surface area (Å²) in [5.74, 6) is 0.909. The molecule has 2 N–H and O–H groups in total. The number of aliphatic hydroxyl groups excluding tert-OH is 1. The lowest BCUT2D eigenvalue weighted by atomic mass is 10.1. The van der Waals surface area contributed by atoms with Crippen LogP contribution >= 0.6 is 0 Å². The number of hydrogen-bond acceptors (Lipinski definition) is 3. The number of rotatable bonds is 3. The Kier molecular flexibility index (Phi) is 3.46. The predicted molar refractivity (Wildman–Crippen MR) is 63.8 cm³/mol. The molecular weight excluding hydrogens is 202 g/mol. The van der Waals surface area contributed by atoms with E-state index in [2.05, 4.69) is 31.3 Å². The van der Waals surface area contributed by atoms with E-state index >= 15 is 0 Å². The lowest BCUT2D eigenvalue weighted by Gasteiger charge is -2.13. The quantitative estimate of drug-likeness (QED) is 0.810. The topological polar surface area (TPSA) is 41.5 Å². The standard InChI is InChI=1S/C13H19NO2/c1-9-3-4-13(5-10(9)2)16-8-11-6-12(15)7-14-11/h3-5,11-12,14-15H,6-8H2,1-2H3/t11-,12-/m1/s1. The average molecular weight is 221 g/mol. The maximum atomic E-state index is 9.36. The van der Waals surface area contributed by atoms with Crippen molar-refractivity contribution >= 4 is 0 Å². The molecule has 0 aliphatic carbocycles. The van der Waals surface area contributed by atoms with Gasteiger partial charge in [-0.25, -0.2) is 0 Å². The van der Waals surface area contributed by atoms with E-state index in [1.165, 1.54) is 11.1 Å². The van der Waals surface area contributed by atoms with E-state index in [-0.39, 0.29) is 12.1 Å². The van der Waals surface area contributed by atoms with E-state index < -0.39 is 0 Å². The van der Waals surface area contributed by atoms with Crippen LogP contribution in [0.15, 0.2) is 18.2 Å². The van der Waals surface area contributed by atoms with Crippen molar-refractivity contribution in [3.63, 3.8) is 0 Å². The maximum Gasteiger partial charge on any atom is 0.119 e. The van der Waals surface area contributed by atoms with Crippen molar-refractivity contribution in [1.29, 1.82) is 0 Å². The minimum absolute atomic E-state index is 0.214. The number of aliphatic hydroxyl groups is 1. The molecule has 1 aromatic carbocycles. The molecule has 2 atom stereocenters. The van der Waals surface area contributed by atoms with Gasteiger partial charge in [-0.3, -0.25) is 0 Å². The first-order chi connectivity index (χ1) is 7.65. The van der Waals surface area contributed by atoms with Gasteiger partial charge in [0, 0.05) is 12.6 Å². The third-order valence-electron chi connectivity index (χ3n) is 3.13. The lowest BCUT2D eigenvalue weighted by Crippen LogP contribution is -2.28. The smallest absolute Gasteiger partial charge is 0.119 e. The van der Waals surface area contributed by atoms with Crippen LogP contribution in [0.25, 0.3) is 0 Å². The van der Waals surface area contributed by atoms with Crippen LogP contribution in [0.5, 0.6) is 5.75 Å². The monoisotopic (exact) mass is 221 g/mol. The Bertz CT molecular complexity index is 365. The lowest BCUT2D eigenvalue weighted by molar-refractivity contribution is 0.187. The van der Waals surface area contributed by atoms with E-state index in [1.54, 1.807) is 0 Å². The van der Waals surface area contributed by atoms with Crippen molar-refractivity contribution in [2.24, 2.45) is 0 Å². The normalized spacial score (nSPS) is 24.7. The van der Waals surface area contributed by atoms with E-state index in [9.17, 15) is 5.11 Å². The molecule has 1 aliphatic rings. The van der Waals surface area contributed by atoms with Gasteiger partial charge < -0.3 is 15.2 Å². The highest BCUT2D eigenvalue weighted by molar-refractivity contribution is 5.33. The summed E-state index contributed by atoms with van der Waals surface area (Å²) in [7, 11) is 0. The number of ether oxygens (including phenoxy) is 1. The number of β-amino-alcohol motifs (C(OH)–C–C–N with tert-alkyl or cyclic N) is 1. The molecule has 1 saturated heterocycles. The van der Waals surface area contributed by atoms with Crippen molar-refractivity contribution in [3.8, 4) is 5.75 Å². The van der Waals surface area contributed by atoms with E-state index in [0.717, 1.165) is 12.2 Å². The Morgan fingerprint density at radius 2 is 2.19 bits per heavy atom. The van der Waals surface area contributed by atoms with Gasteiger partial charge in [0.15, 0.2) is 0 Å². The van der Waals surface area contributed by atoms with Crippen LogP contribution in [-0.2, 0) is 0 Å². The molecule has 1 heterocycles. The SMILES string of the molecule is Cc1ccc(OC[C@H]2C[C@@H](O)CN2)cc1C. The van der Waals surface area contributed by atoms with Crippen LogP contribution < -0.4 is 10.1 Å². The van der Waals surface area contributed by atoms with Crippen LogP contribution in [0.4, 0.5) is 0 Å². The molecule has 0 aromatic heterocycles. The highest BCUT2D eigenvalue weighted by Crippen LogP contribution is 2.17. The van der Waals surface area contributed by atoms with Crippen molar-refractivity contribution in [3.05, 3.63) is 29.3 Å². The van der Waals surface area contributed by atoms with Gasteiger partial charge in [0.2, 0.25) is 0 Å². The highest BCUT2D eigenvalue weighted by atomic mass is 16.5. The second kappa shape index (κ2) is 4.85. The predicted octanol–water partition coefficient (Wildman–Crippen LogP) is 1.41. The van der Waals surface area contributed by atoms with E-state index in [4.69, 9.17) is 4.74 Å². The minimum Gasteiger partial charge on any atom is -0.492 e. The first-order valence-electron chi connectivity index (χ1n) is 5.76. The van der Waals surface area contributed by atoms with Crippen LogP contribution in [0.2, 0.25) is 0 Å². The Balaban J connectivity index is 1.87. The van der Waals surface area contributed by atoms with Crippen LogP contribution in [0.1, 0.15) is 17.5 Å². The average Bonchev–Trinajstić information content (AvgIpc) is 2.66. The van der Waals surface area contributed by atoms with Crippen molar-refractivity contribution in [1.82, 2.24) is 5.32 Å². The molecule has 1 aromatic rings. The number of nitrogens with one attached hydrogen (secondary N) is 1. The summed E-state index contributed by atoms with van der Waals surface area (Å²) in [5, 5.41) is 12.6. The van der Waals surface area contributed by atoms with Gasteiger partial charge in [-0.15, -0.1) is 0 Å². The van der Waals surface area contributed by atoms with Gasteiger partial charge in [0.1, 0.15) is 12.4 Å². The van der Waals surface area contributed by atoms with E-state index in [1.807, 2.05) is 6.07 Å². The largest absolute Gasteiger partial charge is 0.492 e. The molecule has 3 heteroatoms. The first-order valence-corrected chi connectivity index (χ1v) is 5.76. The van der Waals surface area contributed by atoms with Crippen LogP contribution in [0.3, 0.4) is 0 Å². The van der Waals surface area contributed by atoms with Crippen LogP contribution in [0, 0.1) is 13.8 Å². The molecule has 16 heavy (non-hydrogen) atoms.